The molecule has 0 saturated heterocycles. The van der Waals surface area contributed by atoms with Gasteiger partial charge < -0.3 is 4.90 Å². The molecule has 0 bridgehead atoms. The molecule has 10 heteroatoms. The van der Waals surface area contributed by atoms with Crippen molar-refractivity contribution in [3.05, 3.63) is 48.2 Å². The van der Waals surface area contributed by atoms with E-state index in [0.29, 0.717) is 11.7 Å². The van der Waals surface area contributed by atoms with Gasteiger partial charge in [-0.2, -0.15) is 0 Å². The number of pyridine rings is 1. The third-order valence-corrected chi connectivity index (χ3v) is 7.60. The van der Waals surface area contributed by atoms with Crippen LogP contribution in [-0.2, 0) is 21.2 Å². The highest BCUT2D eigenvalue weighted by Crippen LogP contribution is 2.31. The number of carbonyl (C=O) groups is 1. The Morgan fingerprint density at radius 3 is 2.83 bits per heavy atom. The maximum absolute atomic E-state index is 12.9. The third kappa shape index (κ3) is 3.75. The van der Waals surface area contributed by atoms with Crippen LogP contribution in [0.5, 0.6) is 0 Å². The van der Waals surface area contributed by atoms with Gasteiger partial charge in [-0.25, -0.2) is 12.7 Å². The van der Waals surface area contributed by atoms with Crippen LogP contribution in [0.4, 0.5) is 5.69 Å². The van der Waals surface area contributed by atoms with Crippen LogP contribution in [0.2, 0.25) is 0 Å². The first-order chi connectivity index (χ1) is 13.9. The summed E-state index contributed by atoms with van der Waals surface area (Å²) in [6.45, 7) is 0.618. The molecule has 1 amide bonds. The van der Waals surface area contributed by atoms with Crippen LogP contribution in [0.15, 0.2) is 52.6 Å². The molecule has 0 N–H and O–H groups in total. The third-order valence-electron chi connectivity index (χ3n) is 4.86. The predicted octanol–water partition coefficient (Wildman–Crippen LogP) is 2.05. The first-order valence-corrected chi connectivity index (χ1v) is 11.6. The molecule has 3 heterocycles. The maximum Gasteiger partial charge on any atom is 0.242 e. The average Bonchev–Trinajstić information content (AvgIpc) is 3.14. The number of sulfonamides is 1. The molecule has 0 spiro atoms. The Morgan fingerprint density at radius 2 is 2.03 bits per heavy atom. The largest absolute Gasteiger partial charge is 0.311 e. The lowest BCUT2D eigenvalue weighted by atomic mass is 10.0. The fraction of sp³-hybridized carbons (Fsp3) is 0.316. The van der Waals surface area contributed by atoms with Crippen LogP contribution < -0.4 is 4.90 Å². The van der Waals surface area contributed by atoms with Crippen molar-refractivity contribution in [1.29, 1.82) is 0 Å². The van der Waals surface area contributed by atoms with Crippen molar-refractivity contribution >= 4 is 39.0 Å². The first kappa shape index (κ1) is 19.9. The van der Waals surface area contributed by atoms with Crippen LogP contribution >= 0.6 is 11.8 Å². The number of aromatic nitrogens is 3. The summed E-state index contributed by atoms with van der Waals surface area (Å²) in [4.78, 5) is 14.9. The van der Waals surface area contributed by atoms with Gasteiger partial charge in [0.05, 0.1) is 10.6 Å². The minimum absolute atomic E-state index is 0.0353. The molecular formula is C19H21N5O3S2. The number of anilines is 1. The number of amides is 1. The smallest absolute Gasteiger partial charge is 0.242 e. The normalized spacial score (nSPS) is 14.4. The lowest BCUT2D eigenvalue weighted by Crippen LogP contribution is -2.37. The summed E-state index contributed by atoms with van der Waals surface area (Å²) < 4.78 is 27.8. The van der Waals surface area contributed by atoms with E-state index in [-0.39, 0.29) is 16.6 Å². The minimum atomic E-state index is -3.50. The molecular weight excluding hydrogens is 410 g/mol. The SMILES string of the molecule is CN(C)S(=O)(=O)c1ccc2c(c1)CCCN2C(=O)CSc1nnc2ccccn12. The highest BCUT2D eigenvalue weighted by atomic mass is 32.2. The summed E-state index contributed by atoms with van der Waals surface area (Å²) >= 11 is 1.34. The van der Waals surface area contributed by atoms with E-state index in [2.05, 4.69) is 10.2 Å². The van der Waals surface area contributed by atoms with Crippen molar-refractivity contribution in [3.8, 4) is 0 Å². The Bertz CT molecular complexity index is 1170. The molecule has 0 aliphatic carbocycles. The van der Waals surface area contributed by atoms with Crippen LogP contribution in [0.3, 0.4) is 0 Å². The molecule has 3 aromatic rings. The number of nitrogens with zero attached hydrogens (tertiary/aromatic N) is 5. The van der Waals surface area contributed by atoms with Crippen molar-refractivity contribution in [2.45, 2.75) is 22.9 Å². The van der Waals surface area contributed by atoms with Crippen molar-refractivity contribution in [2.75, 3.05) is 31.3 Å². The second-order valence-electron chi connectivity index (χ2n) is 6.93. The topological polar surface area (TPSA) is 87.9 Å². The van der Waals surface area contributed by atoms with E-state index in [9.17, 15) is 13.2 Å². The number of hydrogen-bond acceptors (Lipinski definition) is 6. The first-order valence-electron chi connectivity index (χ1n) is 9.16. The number of fused-ring (bicyclic) bond motifs is 2. The molecule has 0 atom stereocenters. The molecule has 29 heavy (non-hydrogen) atoms. The summed E-state index contributed by atoms with van der Waals surface area (Å²) in [7, 11) is -0.481. The van der Waals surface area contributed by atoms with E-state index in [4.69, 9.17) is 0 Å². The Labute approximate surface area is 173 Å². The van der Waals surface area contributed by atoms with Gasteiger partial charge in [-0.15, -0.1) is 10.2 Å². The van der Waals surface area contributed by atoms with Crippen molar-refractivity contribution in [2.24, 2.45) is 0 Å². The van der Waals surface area contributed by atoms with Gasteiger partial charge >= 0.3 is 0 Å². The predicted molar refractivity (Wildman–Crippen MR) is 112 cm³/mol. The summed E-state index contributed by atoms with van der Waals surface area (Å²) in [5.41, 5.74) is 2.40. The molecule has 1 aliphatic heterocycles. The van der Waals surface area contributed by atoms with Gasteiger partial charge in [-0.1, -0.05) is 17.8 Å². The second-order valence-corrected chi connectivity index (χ2v) is 10.0. The fourth-order valence-corrected chi connectivity index (χ4v) is 5.08. The standard InChI is InChI=1S/C19H21N5O3S2/c1-22(2)29(26,27)15-8-9-16-14(12-15)6-5-11-23(16)18(25)13-28-19-21-20-17-7-3-4-10-24(17)19/h3-4,7-10,12H,5-6,11,13H2,1-2H3. The fourth-order valence-electron chi connectivity index (χ4n) is 3.33. The summed E-state index contributed by atoms with van der Waals surface area (Å²) in [6.07, 6.45) is 3.41. The lowest BCUT2D eigenvalue weighted by molar-refractivity contribution is -0.116. The van der Waals surface area contributed by atoms with Crippen molar-refractivity contribution in [3.63, 3.8) is 0 Å². The molecule has 4 rings (SSSR count). The summed E-state index contributed by atoms with van der Waals surface area (Å²) in [5.74, 6) is 0.194. The van der Waals surface area contributed by atoms with Gasteiger partial charge in [0.1, 0.15) is 0 Å². The van der Waals surface area contributed by atoms with E-state index in [0.717, 1.165) is 29.7 Å². The number of rotatable bonds is 5. The maximum atomic E-state index is 12.9. The van der Waals surface area contributed by atoms with Gasteiger partial charge in [-0.3, -0.25) is 9.20 Å². The zero-order chi connectivity index (χ0) is 20.6. The highest BCUT2D eigenvalue weighted by molar-refractivity contribution is 7.99. The van der Waals surface area contributed by atoms with Crippen molar-refractivity contribution < 1.29 is 13.2 Å². The van der Waals surface area contributed by atoms with E-state index in [1.165, 1.54) is 30.2 Å². The Balaban J connectivity index is 1.54. The van der Waals surface area contributed by atoms with Gasteiger partial charge in [-0.05, 0) is 48.7 Å². The monoisotopic (exact) mass is 431 g/mol. The lowest BCUT2D eigenvalue weighted by Gasteiger charge is -2.30. The molecule has 1 aliphatic rings. The zero-order valence-corrected chi connectivity index (χ0v) is 17.8. The van der Waals surface area contributed by atoms with E-state index < -0.39 is 10.0 Å². The molecule has 0 saturated carbocycles. The number of thioether (sulfide) groups is 1. The van der Waals surface area contributed by atoms with Crippen LogP contribution in [0.1, 0.15) is 12.0 Å². The Hall–Kier alpha value is -2.43. The quantitative estimate of drug-likeness (QED) is 0.575. The van der Waals surface area contributed by atoms with Gasteiger partial charge in [0, 0.05) is 32.5 Å². The molecule has 0 fully saturated rings. The number of benzene rings is 1. The van der Waals surface area contributed by atoms with Gasteiger partial charge in [0.15, 0.2) is 10.8 Å². The molecule has 8 nitrogen and oxygen atoms in total. The van der Waals surface area contributed by atoms with Gasteiger partial charge in [0.2, 0.25) is 15.9 Å². The van der Waals surface area contributed by atoms with Crippen molar-refractivity contribution in [1.82, 2.24) is 18.9 Å². The van der Waals surface area contributed by atoms with Gasteiger partial charge in [0.25, 0.3) is 0 Å². The molecule has 152 valence electrons. The minimum Gasteiger partial charge on any atom is -0.311 e. The molecule has 2 aromatic heterocycles. The molecule has 0 unspecified atom stereocenters. The van der Waals surface area contributed by atoms with Crippen LogP contribution in [0.25, 0.3) is 5.65 Å². The summed E-state index contributed by atoms with van der Waals surface area (Å²) in [5, 5.41) is 8.91. The summed E-state index contributed by atoms with van der Waals surface area (Å²) in [6, 6.07) is 10.6. The van der Waals surface area contributed by atoms with E-state index in [1.54, 1.807) is 23.1 Å². The second kappa shape index (κ2) is 7.77. The Kier molecular flexibility index (Phi) is 5.32. The van der Waals surface area contributed by atoms with Crippen LogP contribution in [-0.4, -0.2) is 59.6 Å². The Morgan fingerprint density at radius 1 is 1.21 bits per heavy atom. The van der Waals surface area contributed by atoms with E-state index >= 15 is 0 Å². The zero-order valence-electron chi connectivity index (χ0n) is 16.1. The molecule has 1 aromatic carbocycles. The van der Waals surface area contributed by atoms with E-state index in [1.807, 2.05) is 28.8 Å². The molecule has 0 radical (unpaired) electrons. The van der Waals surface area contributed by atoms with Crippen LogP contribution in [0, 0.1) is 0 Å². The number of aryl methyl sites for hydroxylation is 1. The average molecular weight is 432 g/mol. The highest BCUT2D eigenvalue weighted by Gasteiger charge is 2.26. The number of hydrogen-bond donors (Lipinski definition) is 0. The number of carbonyl (C=O) groups excluding carboxylic acids is 1.